The van der Waals surface area contributed by atoms with E-state index in [1.54, 1.807) is 30.5 Å². The molecule has 0 saturated carbocycles. The van der Waals surface area contributed by atoms with Crippen LogP contribution in [0.3, 0.4) is 0 Å². The van der Waals surface area contributed by atoms with E-state index in [0.29, 0.717) is 35.2 Å². The molecule has 0 aliphatic rings. The van der Waals surface area contributed by atoms with Crippen LogP contribution in [0, 0.1) is 0 Å². The molecule has 0 aliphatic carbocycles. The van der Waals surface area contributed by atoms with Gasteiger partial charge in [0.05, 0.1) is 24.4 Å². The standard InChI is InChI=1S/C21H19ClN2O3/c1-2-27-19-6-4-3-5-18(19)23-21(26)16-9-12-20(25)24(14-16)13-15-7-10-17(22)11-8-15/h3-12,14H,2,13H2,1H3,(H,23,26). The van der Waals surface area contributed by atoms with Gasteiger partial charge < -0.3 is 14.6 Å². The van der Waals surface area contributed by atoms with E-state index in [0.717, 1.165) is 5.56 Å². The number of para-hydroxylation sites is 2. The Morgan fingerprint density at radius 1 is 1.07 bits per heavy atom. The highest BCUT2D eigenvalue weighted by Gasteiger charge is 2.11. The summed E-state index contributed by atoms with van der Waals surface area (Å²) in [5.41, 5.74) is 1.70. The summed E-state index contributed by atoms with van der Waals surface area (Å²) in [6.45, 7) is 2.73. The summed E-state index contributed by atoms with van der Waals surface area (Å²) in [5, 5.41) is 3.46. The molecule has 1 N–H and O–H groups in total. The number of ether oxygens (including phenoxy) is 1. The Labute approximate surface area is 162 Å². The number of hydrogen-bond acceptors (Lipinski definition) is 3. The van der Waals surface area contributed by atoms with Gasteiger partial charge in [-0.2, -0.15) is 0 Å². The third kappa shape index (κ3) is 4.77. The summed E-state index contributed by atoms with van der Waals surface area (Å²) in [5.74, 6) is 0.287. The Morgan fingerprint density at radius 2 is 1.81 bits per heavy atom. The van der Waals surface area contributed by atoms with Crippen LogP contribution in [-0.4, -0.2) is 17.1 Å². The molecule has 1 amide bonds. The second-order valence-electron chi connectivity index (χ2n) is 5.89. The second-order valence-corrected chi connectivity index (χ2v) is 6.33. The van der Waals surface area contributed by atoms with Crippen molar-refractivity contribution >= 4 is 23.2 Å². The van der Waals surface area contributed by atoms with Crippen molar-refractivity contribution in [2.45, 2.75) is 13.5 Å². The van der Waals surface area contributed by atoms with E-state index < -0.39 is 0 Å². The molecule has 27 heavy (non-hydrogen) atoms. The Balaban J connectivity index is 1.82. The fraction of sp³-hybridized carbons (Fsp3) is 0.143. The molecule has 0 bridgehead atoms. The topological polar surface area (TPSA) is 60.3 Å². The number of benzene rings is 2. The van der Waals surface area contributed by atoms with Crippen LogP contribution in [0.15, 0.2) is 71.7 Å². The summed E-state index contributed by atoms with van der Waals surface area (Å²) in [7, 11) is 0. The van der Waals surface area contributed by atoms with Crippen molar-refractivity contribution in [1.82, 2.24) is 4.57 Å². The molecule has 0 atom stereocenters. The molecule has 0 unspecified atom stereocenters. The van der Waals surface area contributed by atoms with Crippen LogP contribution >= 0.6 is 11.6 Å². The molecule has 0 saturated heterocycles. The molecular formula is C21H19ClN2O3. The van der Waals surface area contributed by atoms with E-state index in [9.17, 15) is 9.59 Å². The van der Waals surface area contributed by atoms with Crippen molar-refractivity contribution in [2.24, 2.45) is 0 Å². The molecule has 3 aromatic rings. The smallest absolute Gasteiger partial charge is 0.257 e. The maximum absolute atomic E-state index is 12.6. The number of carbonyl (C=O) groups excluding carboxylic acids is 1. The Morgan fingerprint density at radius 3 is 2.56 bits per heavy atom. The monoisotopic (exact) mass is 382 g/mol. The lowest BCUT2D eigenvalue weighted by molar-refractivity contribution is 0.102. The number of carbonyl (C=O) groups is 1. The Hall–Kier alpha value is -3.05. The number of amides is 1. The van der Waals surface area contributed by atoms with Crippen LogP contribution in [-0.2, 0) is 6.54 Å². The fourth-order valence-electron chi connectivity index (χ4n) is 2.62. The molecule has 1 aromatic heterocycles. The predicted molar refractivity (Wildman–Crippen MR) is 107 cm³/mol. The van der Waals surface area contributed by atoms with E-state index >= 15 is 0 Å². The lowest BCUT2D eigenvalue weighted by Crippen LogP contribution is -2.22. The zero-order valence-electron chi connectivity index (χ0n) is 14.8. The molecular weight excluding hydrogens is 364 g/mol. The van der Waals surface area contributed by atoms with Crippen LogP contribution in [0.1, 0.15) is 22.8 Å². The van der Waals surface area contributed by atoms with Gasteiger partial charge in [-0.05, 0) is 42.8 Å². The van der Waals surface area contributed by atoms with Gasteiger partial charge in [-0.3, -0.25) is 9.59 Å². The van der Waals surface area contributed by atoms with Gasteiger partial charge in [-0.25, -0.2) is 0 Å². The van der Waals surface area contributed by atoms with E-state index in [1.807, 2.05) is 31.2 Å². The van der Waals surface area contributed by atoms with Crippen LogP contribution in [0.4, 0.5) is 5.69 Å². The number of aromatic nitrogens is 1. The van der Waals surface area contributed by atoms with Gasteiger partial charge in [0, 0.05) is 17.3 Å². The molecule has 0 radical (unpaired) electrons. The number of pyridine rings is 1. The molecule has 0 spiro atoms. The molecule has 1 heterocycles. The van der Waals surface area contributed by atoms with Crippen molar-refractivity contribution in [3.05, 3.63) is 93.4 Å². The number of nitrogens with zero attached hydrogens (tertiary/aromatic N) is 1. The molecule has 3 rings (SSSR count). The lowest BCUT2D eigenvalue weighted by Gasteiger charge is -2.12. The van der Waals surface area contributed by atoms with Gasteiger partial charge in [0.15, 0.2) is 0 Å². The summed E-state index contributed by atoms with van der Waals surface area (Å²) in [6, 6.07) is 17.4. The van der Waals surface area contributed by atoms with Crippen LogP contribution in [0.2, 0.25) is 5.02 Å². The molecule has 0 aliphatic heterocycles. The van der Waals surface area contributed by atoms with E-state index in [2.05, 4.69) is 5.32 Å². The minimum atomic E-state index is -0.313. The van der Waals surface area contributed by atoms with E-state index in [1.165, 1.54) is 16.7 Å². The number of halogens is 1. The SMILES string of the molecule is CCOc1ccccc1NC(=O)c1ccc(=O)n(Cc2ccc(Cl)cc2)c1. The van der Waals surface area contributed by atoms with Gasteiger partial charge in [-0.15, -0.1) is 0 Å². The minimum Gasteiger partial charge on any atom is -0.492 e. The highest BCUT2D eigenvalue weighted by atomic mass is 35.5. The average Bonchev–Trinajstić information content (AvgIpc) is 2.67. The van der Waals surface area contributed by atoms with Gasteiger partial charge in [-0.1, -0.05) is 35.9 Å². The third-order valence-electron chi connectivity index (χ3n) is 3.95. The van der Waals surface area contributed by atoms with E-state index in [-0.39, 0.29) is 11.5 Å². The first kappa shape index (κ1) is 18.7. The van der Waals surface area contributed by atoms with E-state index in [4.69, 9.17) is 16.3 Å². The lowest BCUT2D eigenvalue weighted by atomic mass is 10.2. The van der Waals surface area contributed by atoms with Crippen LogP contribution < -0.4 is 15.6 Å². The number of hydrogen-bond donors (Lipinski definition) is 1. The highest BCUT2D eigenvalue weighted by molar-refractivity contribution is 6.30. The largest absolute Gasteiger partial charge is 0.492 e. The predicted octanol–water partition coefficient (Wildman–Crippen LogP) is 4.20. The zero-order chi connectivity index (χ0) is 19.2. The molecule has 2 aromatic carbocycles. The normalized spacial score (nSPS) is 10.4. The first-order valence-electron chi connectivity index (χ1n) is 8.55. The Bertz CT molecular complexity index is 997. The second kappa shape index (κ2) is 8.56. The first-order valence-corrected chi connectivity index (χ1v) is 8.92. The van der Waals surface area contributed by atoms with Crippen molar-refractivity contribution in [3.63, 3.8) is 0 Å². The first-order chi connectivity index (χ1) is 13.1. The maximum atomic E-state index is 12.6. The average molecular weight is 383 g/mol. The van der Waals surface area contributed by atoms with Crippen LogP contribution in [0.25, 0.3) is 0 Å². The number of nitrogens with one attached hydrogen (secondary N) is 1. The summed E-state index contributed by atoms with van der Waals surface area (Å²) in [4.78, 5) is 24.8. The summed E-state index contributed by atoms with van der Waals surface area (Å²) < 4.78 is 7.02. The van der Waals surface area contributed by atoms with Gasteiger partial charge in [0.25, 0.3) is 11.5 Å². The van der Waals surface area contributed by atoms with Crippen molar-refractivity contribution < 1.29 is 9.53 Å². The maximum Gasteiger partial charge on any atom is 0.257 e. The van der Waals surface area contributed by atoms with Gasteiger partial charge >= 0.3 is 0 Å². The zero-order valence-corrected chi connectivity index (χ0v) is 15.6. The summed E-state index contributed by atoms with van der Waals surface area (Å²) in [6.07, 6.45) is 1.55. The molecule has 138 valence electrons. The molecule has 0 fully saturated rings. The fourth-order valence-corrected chi connectivity index (χ4v) is 2.75. The minimum absolute atomic E-state index is 0.184. The van der Waals surface area contributed by atoms with Gasteiger partial charge in [0.1, 0.15) is 5.75 Å². The summed E-state index contributed by atoms with van der Waals surface area (Å²) >= 11 is 5.89. The molecule has 5 nitrogen and oxygen atoms in total. The Kier molecular flexibility index (Phi) is 5.94. The third-order valence-corrected chi connectivity index (χ3v) is 4.20. The van der Waals surface area contributed by atoms with Crippen molar-refractivity contribution in [2.75, 3.05) is 11.9 Å². The van der Waals surface area contributed by atoms with Gasteiger partial charge in [0.2, 0.25) is 0 Å². The van der Waals surface area contributed by atoms with Crippen molar-refractivity contribution in [3.8, 4) is 5.75 Å². The number of rotatable bonds is 6. The number of anilines is 1. The van der Waals surface area contributed by atoms with Crippen LogP contribution in [0.5, 0.6) is 5.75 Å². The molecule has 6 heteroatoms. The highest BCUT2D eigenvalue weighted by Crippen LogP contribution is 2.24. The van der Waals surface area contributed by atoms with Crippen molar-refractivity contribution in [1.29, 1.82) is 0 Å². The quantitative estimate of drug-likeness (QED) is 0.695.